The van der Waals surface area contributed by atoms with Gasteiger partial charge in [0.05, 0.1) is 6.61 Å². The molecule has 4 heteroatoms. The zero-order chi connectivity index (χ0) is 14.4. The molecule has 2 atom stereocenters. The number of fused-ring (bicyclic) bond motifs is 1. The third-order valence-corrected chi connectivity index (χ3v) is 3.65. The standard InChI is InChI=1S/C16H24FNO2/c1-3-8-18-14(11-19-2)5-6-15-10-12-9-13(17)4-7-16(12)20-15/h4,7,9,14-15,18H,3,5-6,8,10-11H2,1-2H3. The fourth-order valence-electron chi connectivity index (χ4n) is 2.63. The molecule has 0 spiro atoms. The lowest BCUT2D eigenvalue weighted by Crippen LogP contribution is -2.35. The first-order valence-corrected chi connectivity index (χ1v) is 7.40. The van der Waals surface area contributed by atoms with Gasteiger partial charge in [0.1, 0.15) is 17.7 Å². The van der Waals surface area contributed by atoms with Gasteiger partial charge in [-0.05, 0) is 44.0 Å². The molecule has 1 aliphatic rings. The van der Waals surface area contributed by atoms with Crippen LogP contribution in [-0.2, 0) is 11.2 Å². The number of rotatable bonds is 8. The molecule has 1 heterocycles. The first-order valence-electron chi connectivity index (χ1n) is 7.40. The number of halogens is 1. The monoisotopic (exact) mass is 281 g/mol. The van der Waals surface area contributed by atoms with E-state index in [0.29, 0.717) is 12.6 Å². The quantitative estimate of drug-likeness (QED) is 0.794. The first kappa shape index (κ1) is 15.3. The van der Waals surface area contributed by atoms with E-state index in [-0.39, 0.29) is 11.9 Å². The minimum absolute atomic E-state index is 0.162. The average Bonchev–Trinajstić information content (AvgIpc) is 2.83. The number of methoxy groups -OCH3 is 1. The number of benzene rings is 1. The van der Waals surface area contributed by atoms with Crippen LogP contribution < -0.4 is 10.1 Å². The van der Waals surface area contributed by atoms with Crippen molar-refractivity contribution in [3.8, 4) is 5.75 Å². The molecule has 20 heavy (non-hydrogen) atoms. The lowest BCUT2D eigenvalue weighted by molar-refractivity contribution is 0.149. The molecule has 2 rings (SSSR count). The molecule has 2 unspecified atom stereocenters. The van der Waals surface area contributed by atoms with E-state index >= 15 is 0 Å². The van der Waals surface area contributed by atoms with E-state index < -0.39 is 0 Å². The van der Waals surface area contributed by atoms with Crippen LogP contribution in [-0.4, -0.2) is 32.4 Å². The van der Waals surface area contributed by atoms with Crippen molar-refractivity contribution in [1.29, 1.82) is 0 Å². The average molecular weight is 281 g/mol. The zero-order valence-electron chi connectivity index (χ0n) is 12.3. The Morgan fingerprint density at radius 3 is 3.10 bits per heavy atom. The molecule has 1 N–H and O–H groups in total. The van der Waals surface area contributed by atoms with Crippen LogP contribution in [0.4, 0.5) is 4.39 Å². The normalized spacial score (nSPS) is 18.6. The molecule has 112 valence electrons. The molecule has 0 aliphatic carbocycles. The maximum atomic E-state index is 13.2. The molecule has 0 saturated carbocycles. The highest BCUT2D eigenvalue weighted by atomic mass is 19.1. The van der Waals surface area contributed by atoms with Gasteiger partial charge in [0.25, 0.3) is 0 Å². The Hall–Kier alpha value is -1.13. The molecule has 0 bridgehead atoms. The summed E-state index contributed by atoms with van der Waals surface area (Å²) in [6, 6.07) is 5.13. The van der Waals surface area contributed by atoms with E-state index in [9.17, 15) is 4.39 Å². The summed E-state index contributed by atoms with van der Waals surface area (Å²) in [7, 11) is 1.73. The van der Waals surface area contributed by atoms with E-state index in [2.05, 4.69) is 12.2 Å². The summed E-state index contributed by atoms with van der Waals surface area (Å²) in [5, 5.41) is 3.48. The number of hydrogen-bond donors (Lipinski definition) is 1. The minimum atomic E-state index is -0.185. The molecule has 1 aromatic carbocycles. The van der Waals surface area contributed by atoms with Crippen molar-refractivity contribution in [2.75, 3.05) is 20.3 Å². The second-order valence-electron chi connectivity index (χ2n) is 5.38. The van der Waals surface area contributed by atoms with Crippen LogP contribution in [0.5, 0.6) is 5.75 Å². The Bertz CT molecular complexity index is 425. The summed E-state index contributed by atoms with van der Waals surface area (Å²) in [6.45, 7) is 3.88. The van der Waals surface area contributed by atoms with E-state index in [1.165, 1.54) is 6.07 Å². The summed E-state index contributed by atoms with van der Waals surface area (Å²) in [5.41, 5.74) is 0.986. The van der Waals surface area contributed by atoms with Crippen molar-refractivity contribution in [2.24, 2.45) is 0 Å². The molecular weight excluding hydrogens is 257 g/mol. The van der Waals surface area contributed by atoms with Gasteiger partial charge < -0.3 is 14.8 Å². The smallest absolute Gasteiger partial charge is 0.123 e. The van der Waals surface area contributed by atoms with Gasteiger partial charge in [0.2, 0.25) is 0 Å². The Kier molecular flexibility index (Phi) is 5.80. The highest BCUT2D eigenvalue weighted by Crippen LogP contribution is 2.31. The third kappa shape index (κ3) is 4.18. The largest absolute Gasteiger partial charge is 0.490 e. The van der Waals surface area contributed by atoms with Gasteiger partial charge in [-0.2, -0.15) is 0 Å². The molecule has 0 aromatic heterocycles. The SMILES string of the molecule is CCCNC(CCC1Cc2cc(F)ccc2O1)COC. The Morgan fingerprint density at radius 2 is 2.35 bits per heavy atom. The van der Waals surface area contributed by atoms with Crippen LogP contribution in [0.15, 0.2) is 18.2 Å². The minimum Gasteiger partial charge on any atom is -0.490 e. The highest BCUT2D eigenvalue weighted by molar-refractivity contribution is 5.37. The van der Waals surface area contributed by atoms with Crippen LogP contribution in [0.25, 0.3) is 0 Å². The predicted octanol–water partition coefficient (Wildman–Crippen LogP) is 2.92. The lowest BCUT2D eigenvalue weighted by atomic mass is 10.0. The number of ether oxygens (including phenoxy) is 2. The maximum absolute atomic E-state index is 13.2. The second-order valence-corrected chi connectivity index (χ2v) is 5.38. The van der Waals surface area contributed by atoms with Crippen molar-refractivity contribution in [3.05, 3.63) is 29.6 Å². The van der Waals surface area contributed by atoms with E-state index in [1.54, 1.807) is 19.2 Å². The fourth-order valence-corrected chi connectivity index (χ4v) is 2.63. The maximum Gasteiger partial charge on any atom is 0.123 e. The number of hydrogen-bond acceptors (Lipinski definition) is 3. The second kappa shape index (κ2) is 7.60. The van der Waals surface area contributed by atoms with Gasteiger partial charge in [-0.25, -0.2) is 4.39 Å². The molecule has 0 amide bonds. The predicted molar refractivity (Wildman–Crippen MR) is 77.7 cm³/mol. The van der Waals surface area contributed by atoms with Crippen LogP contribution >= 0.6 is 0 Å². The van der Waals surface area contributed by atoms with Crippen LogP contribution in [0.3, 0.4) is 0 Å². The Balaban J connectivity index is 1.80. The van der Waals surface area contributed by atoms with Gasteiger partial charge in [-0.1, -0.05) is 6.92 Å². The zero-order valence-corrected chi connectivity index (χ0v) is 12.3. The van der Waals surface area contributed by atoms with E-state index in [0.717, 1.165) is 43.5 Å². The molecule has 0 radical (unpaired) electrons. The summed E-state index contributed by atoms with van der Waals surface area (Å²) >= 11 is 0. The molecule has 1 aromatic rings. The topological polar surface area (TPSA) is 30.5 Å². The van der Waals surface area contributed by atoms with Crippen molar-refractivity contribution in [1.82, 2.24) is 5.32 Å². The summed E-state index contributed by atoms with van der Waals surface area (Å²) < 4.78 is 24.3. The highest BCUT2D eigenvalue weighted by Gasteiger charge is 2.24. The van der Waals surface area contributed by atoms with E-state index in [4.69, 9.17) is 9.47 Å². The molecule has 0 saturated heterocycles. The van der Waals surface area contributed by atoms with Crippen LogP contribution in [0.1, 0.15) is 31.7 Å². The number of nitrogens with one attached hydrogen (secondary N) is 1. The van der Waals surface area contributed by atoms with Crippen molar-refractivity contribution >= 4 is 0 Å². The van der Waals surface area contributed by atoms with E-state index in [1.807, 2.05) is 0 Å². The molecular formula is C16H24FNO2. The summed E-state index contributed by atoms with van der Waals surface area (Å²) in [5.74, 6) is 0.649. The molecule has 3 nitrogen and oxygen atoms in total. The van der Waals surface area contributed by atoms with Crippen molar-refractivity contribution in [2.45, 2.75) is 44.8 Å². The van der Waals surface area contributed by atoms with Gasteiger partial charge in [0.15, 0.2) is 0 Å². The van der Waals surface area contributed by atoms with Gasteiger partial charge in [0, 0.05) is 25.1 Å². The molecule has 1 aliphatic heterocycles. The fraction of sp³-hybridized carbons (Fsp3) is 0.625. The van der Waals surface area contributed by atoms with Crippen molar-refractivity contribution < 1.29 is 13.9 Å². The summed E-state index contributed by atoms with van der Waals surface area (Å²) in [4.78, 5) is 0. The Labute approximate surface area is 120 Å². The third-order valence-electron chi connectivity index (χ3n) is 3.65. The lowest BCUT2D eigenvalue weighted by Gasteiger charge is -2.19. The van der Waals surface area contributed by atoms with Crippen LogP contribution in [0.2, 0.25) is 0 Å². The summed E-state index contributed by atoms with van der Waals surface area (Å²) in [6.07, 6.45) is 4.05. The van der Waals surface area contributed by atoms with Gasteiger partial charge in [-0.15, -0.1) is 0 Å². The van der Waals surface area contributed by atoms with Gasteiger partial charge in [-0.3, -0.25) is 0 Å². The van der Waals surface area contributed by atoms with Crippen LogP contribution in [0, 0.1) is 5.82 Å². The van der Waals surface area contributed by atoms with Crippen molar-refractivity contribution in [3.63, 3.8) is 0 Å². The Morgan fingerprint density at radius 1 is 1.50 bits per heavy atom. The molecule has 0 fully saturated rings. The van der Waals surface area contributed by atoms with Gasteiger partial charge >= 0.3 is 0 Å². The first-order chi connectivity index (χ1) is 9.72.